The number of benzene rings is 1. The first-order valence-corrected chi connectivity index (χ1v) is 7.07. The molecule has 2 aromatic rings. The highest BCUT2D eigenvalue weighted by molar-refractivity contribution is 5.79. The van der Waals surface area contributed by atoms with Gasteiger partial charge in [-0.3, -0.25) is 0 Å². The molecule has 0 spiro atoms. The Balaban J connectivity index is 1.84. The Morgan fingerprint density at radius 2 is 2.00 bits per heavy atom. The van der Waals surface area contributed by atoms with E-state index in [0.29, 0.717) is 6.54 Å². The summed E-state index contributed by atoms with van der Waals surface area (Å²) in [6.07, 6.45) is 2.47. The van der Waals surface area contributed by atoms with Crippen LogP contribution in [0.15, 0.2) is 52.1 Å². The van der Waals surface area contributed by atoms with Crippen LogP contribution in [0.3, 0.4) is 0 Å². The Morgan fingerprint density at radius 3 is 2.67 bits per heavy atom. The van der Waals surface area contributed by atoms with Crippen molar-refractivity contribution in [1.29, 1.82) is 0 Å². The molecule has 2 N–H and O–H groups in total. The van der Waals surface area contributed by atoms with E-state index in [-0.39, 0.29) is 5.82 Å². The largest absolute Gasteiger partial charge is 0.469 e. The molecule has 0 aliphatic heterocycles. The van der Waals surface area contributed by atoms with Gasteiger partial charge < -0.3 is 15.1 Å². The predicted octanol–water partition coefficient (Wildman–Crippen LogP) is 2.72. The molecular formula is C16H20FN3O. The zero-order valence-corrected chi connectivity index (χ0v) is 12.1. The number of halogens is 1. The number of hydrogen-bond acceptors (Lipinski definition) is 2. The summed E-state index contributed by atoms with van der Waals surface area (Å²) in [5.41, 5.74) is 0.972. The first-order valence-electron chi connectivity index (χ1n) is 7.07. The standard InChI is InChI=1S/C16H20FN3O/c1-2-18-16(19-10-9-15-4-3-11-21-15)20-12-13-5-7-14(17)8-6-13/h3-8,11H,2,9-10,12H2,1H3,(H2,18,19,20). The van der Waals surface area contributed by atoms with Crippen molar-refractivity contribution >= 4 is 5.96 Å². The highest BCUT2D eigenvalue weighted by atomic mass is 19.1. The normalized spacial score (nSPS) is 11.4. The third kappa shape index (κ3) is 5.30. The van der Waals surface area contributed by atoms with Gasteiger partial charge in [0.15, 0.2) is 5.96 Å². The second-order valence-corrected chi connectivity index (χ2v) is 4.58. The minimum atomic E-state index is -0.230. The molecule has 0 amide bonds. The van der Waals surface area contributed by atoms with Gasteiger partial charge in [-0.1, -0.05) is 12.1 Å². The highest BCUT2D eigenvalue weighted by Gasteiger charge is 2.00. The van der Waals surface area contributed by atoms with Gasteiger partial charge in [0.1, 0.15) is 11.6 Å². The molecule has 0 atom stereocenters. The summed E-state index contributed by atoms with van der Waals surface area (Å²) in [4.78, 5) is 4.47. The van der Waals surface area contributed by atoms with E-state index in [9.17, 15) is 4.39 Å². The van der Waals surface area contributed by atoms with E-state index in [1.807, 2.05) is 19.1 Å². The fourth-order valence-corrected chi connectivity index (χ4v) is 1.86. The van der Waals surface area contributed by atoms with Crippen LogP contribution >= 0.6 is 0 Å². The Bertz CT molecular complexity index is 549. The number of nitrogens with one attached hydrogen (secondary N) is 2. The zero-order valence-electron chi connectivity index (χ0n) is 12.1. The van der Waals surface area contributed by atoms with E-state index in [4.69, 9.17) is 4.42 Å². The summed E-state index contributed by atoms with van der Waals surface area (Å²) >= 11 is 0. The molecule has 1 heterocycles. The molecule has 21 heavy (non-hydrogen) atoms. The lowest BCUT2D eigenvalue weighted by Gasteiger charge is -2.10. The fourth-order valence-electron chi connectivity index (χ4n) is 1.86. The molecule has 5 heteroatoms. The Labute approximate surface area is 124 Å². The fraction of sp³-hybridized carbons (Fsp3) is 0.312. The summed E-state index contributed by atoms with van der Waals surface area (Å²) in [6.45, 7) is 4.05. The molecule has 112 valence electrons. The Hall–Kier alpha value is -2.30. The van der Waals surface area contributed by atoms with Gasteiger partial charge in [-0.2, -0.15) is 0 Å². The van der Waals surface area contributed by atoms with Crippen LogP contribution in [0.4, 0.5) is 4.39 Å². The molecule has 0 fully saturated rings. The third-order valence-electron chi connectivity index (χ3n) is 2.92. The van der Waals surface area contributed by atoms with Crippen LogP contribution in [0.5, 0.6) is 0 Å². The number of furan rings is 1. The Kier molecular flexibility index (Phi) is 5.82. The van der Waals surface area contributed by atoms with E-state index in [1.54, 1.807) is 18.4 Å². The molecule has 2 rings (SSSR count). The molecule has 0 unspecified atom stereocenters. The number of aliphatic imine (C=N–C) groups is 1. The van der Waals surface area contributed by atoms with Crippen molar-refractivity contribution in [2.75, 3.05) is 13.1 Å². The lowest BCUT2D eigenvalue weighted by Crippen LogP contribution is -2.38. The molecular weight excluding hydrogens is 269 g/mol. The van der Waals surface area contributed by atoms with Crippen LogP contribution in [0.1, 0.15) is 18.2 Å². The smallest absolute Gasteiger partial charge is 0.191 e. The van der Waals surface area contributed by atoms with Crippen molar-refractivity contribution in [2.45, 2.75) is 19.9 Å². The SMILES string of the molecule is CCNC(=NCc1ccc(F)cc1)NCCc1ccco1. The summed E-state index contributed by atoms with van der Waals surface area (Å²) in [6, 6.07) is 10.2. The first-order chi connectivity index (χ1) is 10.3. The van der Waals surface area contributed by atoms with Crippen molar-refractivity contribution in [2.24, 2.45) is 4.99 Å². The van der Waals surface area contributed by atoms with Crippen LogP contribution < -0.4 is 10.6 Å². The quantitative estimate of drug-likeness (QED) is 0.635. The molecule has 1 aromatic heterocycles. The molecule has 0 radical (unpaired) electrons. The summed E-state index contributed by atoms with van der Waals surface area (Å²) in [7, 11) is 0. The van der Waals surface area contributed by atoms with Gasteiger partial charge in [-0.15, -0.1) is 0 Å². The van der Waals surface area contributed by atoms with Crippen molar-refractivity contribution in [3.8, 4) is 0 Å². The number of hydrogen-bond donors (Lipinski definition) is 2. The maximum atomic E-state index is 12.8. The van der Waals surface area contributed by atoms with E-state index >= 15 is 0 Å². The summed E-state index contributed by atoms with van der Waals surface area (Å²) in [5.74, 6) is 1.46. The van der Waals surface area contributed by atoms with Gasteiger partial charge in [-0.05, 0) is 36.8 Å². The van der Waals surface area contributed by atoms with Crippen molar-refractivity contribution < 1.29 is 8.81 Å². The van der Waals surface area contributed by atoms with Crippen molar-refractivity contribution in [3.63, 3.8) is 0 Å². The average molecular weight is 289 g/mol. The molecule has 0 bridgehead atoms. The van der Waals surface area contributed by atoms with Crippen molar-refractivity contribution in [1.82, 2.24) is 10.6 Å². The van der Waals surface area contributed by atoms with E-state index in [1.165, 1.54) is 12.1 Å². The topological polar surface area (TPSA) is 49.6 Å². The second-order valence-electron chi connectivity index (χ2n) is 4.58. The lowest BCUT2D eigenvalue weighted by molar-refractivity contribution is 0.507. The lowest BCUT2D eigenvalue weighted by atomic mass is 10.2. The molecule has 1 aromatic carbocycles. The van der Waals surface area contributed by atoms with Crippen LogP contribution in [0.2, 0.25) is 0 Å². The molecule has 0 saturated heterocycles. The third-order valence-corrected chi connectivity index (χ3v) is 2.92. The summed E-state index contributed by atoms with van der Waals surface area (Å²) < 4.78 is 18.1. The van der Waals surface area contributed by atoms with Gasteiger partial charge >= 0.3 is 0 Å². The zero-order chi connectivity index (χ0) is 14.9. The number of guanidine groups is 1. The van der Waals surface area contributed by atoms with E-state index in [0.717, 1.165) is 36.8 Å². The van der Waals surface area contributed by atoms with Gasteiger partial charge in [-0.25, -0.2) is 9.38 Å². The van der Waals surface area contributed by atoms with Crippen LogP contribution in [0, 0.1) is 5.82 Å². The van der Waals surface area contributed by atoms with Crippen LogP contribution in [-0.4, -0.2) is 19.0 Å². The van der Waals surface area contributed by atoms with E-state index < -0.39 is 0 Å². The molecule has 0 aliphatic carbocycles. The predicted molar refractivity (Wildman–Crippen MR) is 81.6 cm³/mol. The average Bonchev–Trinajstić information content (AvgIpc) is 3.00. The van der Waals surface area contributed by atoms with Gasteiger partial charge in [0.25, 0.3) is 0 Å². The minimum absolute atomic E-state index is 0.230. The maximum Gasteiger partial charge on any atom is 0.191 e. The van der Waals surface area contributed by atoms with Gasteiger partial charge in [0, 0.05) is 19.5 Å². The molecule has 0 aliphatic rings. The van der Waals surface area contributed by atoms with Gasteiger partial charge in [0.2, 0.25) is 0 Å². The highest BCUT2D eigenvalue weighted by Crippen LogP contribution is 2.04. The molecule has 4 nitrogen and oxygen atoms in total. The Morgan fingerprint density at radius 1 is 1.19 bits per heavy atom. The number of nitrogens with zero attached hydrogens (tertiary/aromatic N) is 1. The van der Waals surface area contributed by atoms with E-state index in [2.05, 4.69) is 15.6 Å². The summed E-state index contributed by atoms with van der Waals surface area (Å²) in [5, 5.41) is 6.42. The maximum absolute atomic E-state index is 12.8. The van der Waals surface area contributed by atoms with Gasteiger partial charge in [0.05, 0.1) is 12.8 Å². The minimum Gasteiger partial charge on any atom is -0.469 e. The second kappa shape index (κ2) is 8.09. The van der Waals surface area contributed by atoms with Crippen molar-refractivity contribution in [3.05, 3.63) is 59.8 Å². The molecule has 0 saturated carbocycles. The number of rotatable bonds is 6. The monoisotopic (exact) mass is 289 g/mol. The van der Waals surface area contributed by atoms with Crippen LogP contribution in [-0.2, 0) is 13.0 Å². The first kappa shape index (κ1) is 15.1. The van der Waals surface area contributed by atoms with Crippen LogP contribution in [0.25, 0.3) is 0 Å².